The molecule has 0 N–H and O–H groups in total. The third-order valence-corrected chi connectivity index (χ3v) is 7.93. The van der Waals surface area contributed by atoms with E-state index in [2.05, 4.69) is 68.7 Å². The van der Waals surface area contributed by atoms with Crippen LogP contribution in [-0.4, -0.2) is 0 Å². The first kappa shape index (κ1) is 27.9. The first-order valence-corrected chi connectivity index (χ1v) is 13.4. The number of halogens is 2. The van der Waals surface area contributed by atoms with Crippen LogP contribution >= 0.6 is 22.7 Å². The van der Waals surface area contributed by atoms with Gasteiger partial charge < -0.3 is 48.0 Å². The maximum absolute atomic E-state index is 2.43. The van der Waals surface area contributed by atoms with E-state index in [0.717, 1.165) is 0 Å². The number of nitrogens with zero attached hydrogens (tertiary/aromatic N) is 2. The van der Waals surface area contributed by atoms with Crippen LogP contribution in [0.1, 0.15) is 64.2 Å². The van der Waals surface area contributed by atoms with E-state index in [9.17, 15) is 0 Å². The van der Waals surface area contributed by atoms with Gasteiger partial charge in [-0.1, -0.05) is 85.5 Å². The molecule has 32 heavy (non-hydrogen) atoms. The summed E-state index contributed by atoms with van der Waals surface area (Å²) in [7, 11) is 0. The van der Waals surface area contributed by atoms with Crippen molar-refractivity contribution in [1.29, 1.82) is 0 Å². The molecule has 0 spiro atoms. The van der Waals surface area contributed by atoms with E-state index < -0.39 is 0 Å². The quantitative estimate of drug-likeness (QED) is 0.114. The Labute approximate surface area is 235 Å². The zero-order chi connectivity index (χ0) is 20.4. The number of aryl methyl sites for hydroxylation is 2. The zero-order valence-electron chi connectivity index (χ0n) is 18.7. The van der Waals surface area contributed by atoms with Crippen molar-refractivity contribution in [3.8, 4) is 0 Å². The average molecular weight is 693 g/mol. The summed E-state index contributed by atoms with van der Waals surface area (Å²) < 4.78 is 7.66. The van der Waals surface area contributed by atoms with Crippen LogP contribution in [0.3, 0.4) is 0 Å². The Morgan fingerprint density at radius 3 is 1.22 bits per heavy atom. The van der Waals surface area contributed by atoms with Crippen molar-refractivity contribution in [3.63, 3.8) is 0 Å². The van der Waals surface area contributed by atoms with E-state index in [1.807, 2.05) is 22.7 Å². The van der Waals surface area contributed by atoms with Crippen molar-refractivity contribution in [2.75, 3.05) is 0 Å². The van der Waals surface area contributed by atoms with E-state index in [-0.39, 0.29) is 48.0 Å². The first-order valence-electron chi connectivity index (χ1n) is 11.6. The number of benzene rings is 2. The van der Waals surface area contributed by atoms with Gasteiger partial charge in [-0.3, -0.25) is 0 Å². The average Bonchev–Trinajstić information content (AvgIpc) is 3.39. The fourth-order valence-electron chi connectivity index (χ4n) is 4.27. The van der Waals surface area contributed by atoms with Gasteiger partial charge in [0.25, 0.3) is 0 Å². The summed E-state index contributed by atoms with van der Waals surface area (Å²) in [6, 6.07) is 17.5. The lowest BCUT2D eigenvalue weighted by atomic mass is 10.1. The summed E-state index contributed by atoms with van der Waals surface area (Å²) in [5, 5.41) is 0. The molecule has 0 bridgehead atoms. The van der Waals surface area contributed by atoms with Crippen molar-refractivity contribution in [2.24, 2.45) is 0 Å². The number of hydrogen-bond donors (Lipinski definition) is 0. The molecule has 4 rings (SSSR count). The van der Waals surface area contributed by atoms with Gasteiger partial charge in [0.1, 0.15) is 22.5 Å². The molecule has 2 aromatic carbocycles. The van der Waals surface area contributed by atoms with Crippen molar-refractivity contribution < 1.29 is 57.1 Å². The van der Waals surface area contributed by atoms with Crippen LogP contribution in [0.15, 0.2) is 59.6 Å². The number of aromatic nitrogens is 2. The second kappa shape index (κ2) is 15.6. The van der Waals surface area contributed by atoms with Crippen molar-refractivity contribution in [1.82, 2.24) is 0 Å². The van der Waals surface area contributed by atoms with Gasteiger partial charge in [0.2, 0.25) is 22.1 Å². The lowest BCUT2D eigenvalue weighted by Crippen LogP contribution is -3.00. The predicted octanol–water partition coefficient (Wildman–Crippen LogP) is 1.30. The van der Waals surface area contributed by atoms with E-state index >= 15 is 0 Å². The summed E-state index contributed by atoms with van der Waals surface area (Å²) in [4.78, 5) is 0. The van der Waals surface area contributed by atoms with Gasteiger partial charge in [0, 0.05) is 25.0 Å². The molecule has 6 heteroatoms. The molecule has 0 aliphatic heterocycles. The van der Waals surface area contributed by atoms with E-state index in [1.165, 1.54) is 97.7 Å². The molecule has 0 radical (unpaired) electrons. The van der Waals surface area contributed by atoms with Gasteiger partial charge >= 0.3 is 0 Å². The molecule has 2 nitrogen and oxygen atoms in total. The summed E-state index contributed by atoms with van der Waals surface area (Å²) >= 11 is 3.72. The molecule has 174 valence electrons. The molecule has 0 aliphatic carbocycles. The minimum absolute atomic E-state index is 0. The molecule has 0 fully saturated rings. The van der Waals surface area contributed by atoms with Crippen LogP contribution in [-0.2, 0) is 13.1 Å². The maximum atomic E-state index is 2.43. The number of para-hydroxylation sites is 2. The Bertz CT molecular complexity index is 960. The highest BCUT2D eigenvalue weighted by Crippen LogP contribution is 2.17. The van der Waals surface area contributed by atoms with E-state index in [0.29, 0.717) is 0 Å². The summed E-state index contributed by atoms with van der Waals surface area (Å²) in [6.45, 7) is 2.34. The topological polar surface area (TPSA) is 7.76 Å². The normalized spacial score (nSPS) is 10.9. The fourth-order valence-corrected chi connectivity index (χ4v) is 6.11. The lowest BCUT2D eigenvalue weighted by Gasteiger charge is -2.02. The monoisotopic (exact) mass is 692 g/mol. The van der Waals surface area contributed by atoms with Gasteiger partial charge in [-0.2, -0.15) is 9.13 Å². The van der Waals surface area contributed by atoms with Crippen LogP contribution in [0.25, 0.3) is 20.4 Å². The molecule has 2 aromatic heterocycles. The summed E-state index contributed by atoms with van der Waals surface area (Å²) in [6.07, 6.45) is 13.8. The van der Waals surface area contributed by atoms with Gasteiger partial charge in [0.05, 0.1) is 0 Å². The molecule has 0 amide bonds. The third-order valence-electron chi connectivity index (χ3n) is 6.01. The molecular formula is C26H34I2N2S2. The lowest BCUT2D eigenvalue weighted by molar-refractivity contribution is -0.667. The maximum Gasteiger partial charge on any atom is 0.225 e. The van der Waals surface area contributed by atoms with Gasteiger partial charge in [-0.05, 0) is 25.0 Å². The Morgan fingerprint density at radius 2 is 0.812 bits per heavy atom. The van der Waals surface area contributed by atoms with Crippen LogP contribution in [0.2, 0.25) is 0 Å². The van der Waals surface area contributed by atoms with Crippen LogP contribution in [0, 0.1) is 0 Å². The SMILES string of the molecule is [I-].[I-].c1ccc2c(c1)sc[n+]2CCCCCCCCCCCC[n+]1csc2ccccc21. The summed E-state index contributed by atoms with van der Waals surface area (Å²) in [5.74, 6) is 0. The highest BCUT2D eigenvalue weighted by molar-refractivity contribution is 7.16. The molecule has 0 unspecified atom stereocenters. The molecule has 0 saturated heterocycles. The molecular weight excluding hydrogens is 658 g/mol. The molecule has 0 atom stereocenters. The van der Waals surface area contributed by atoms with Crippen molar-refractivity contribution in [2.45, 2.75) is 77.3 Å². The molecule has 0 saturated carbocycles. The Hall–Kier alpha value is -0.320. The Kier molecular flexibility index (Phi) is 13.6. The molecule has 4 aromatic rings. The van der Waals surface area contributed by atoms with E-state index in [4.69, 9.17) is 0 Å². The minimum Gasteiger partial charge on any atom is -1.00 e. The Balaban J connectivity index is 0.00000181. The Morgan fingerprint density at radius 1 is 0.469 bits per heavy atom. The zero-order valence-corrected chi connectivity index (χ0v) is 24.7. The molecule has 2 heterocycles. The second-order valence-electron chi connectivity index (χ2n) is 8.30. The number of hydrogen-bond acceptors (Lipinski definition) is 2. The number of rotatable bonds is 13. The van der Waals surface area contributed by atoms with Crippen LogP contribution in [0.4, 0.5) is 0 Å². The number of fused-ring (bicyclic) bond motifs is 2. The van der Waals surface area contributed by atoms with Gasteiger partial charge in [0.15, 0.2) is 0 Å². The van der Waals surface area contributed by atoms with Crippen LogP contribution < -0.4 is 57.1 Å². The second-order valence-corrected chi connectivity index (χ2v) is 10.1. The minimum atomic E-state index is 0. The molecule has 0 aliphatic rings. The summed E-state index contributed by atoms with van der Waals surface area (Å²) in [5.41, 5.74) is 7.36. The van der Waals surface area contributed by atoms with Gasteiger partial charge in [-0.15, -0.1) is 0 Å². The standard InChI is InChI=1S/C26H34N2S2.2HI/c1(3-5-7-13-19-27-21-29-25-17-11-9-15-23(25)27)2-4-6-8-14-20-28-22-30-26-18-12-10-16-24(26)28;;/h9-12,15-18,21-22H,1-8,13-14,19-20H2;2*1H/q+2;;/p-2. The number of unbranched alkanes of at least 4 members (excludes halogenated alkanes) is 9. The first-order chi connectivity index (χ1) is 14.9. The van der Waals surface area contributed by atoms with Crippen molar-refractivity contribution in [3.05, 3.63) is 59.6 Å². The predicted molar refractivity (Wildman–Crippen MR) is 130 cm³/mol. The van der Waals surface area contributed by atoms with E-state index in [1.54, 1.807) is 0 Å². The van der Waals surface area contributed by atoms with Crippen LogP contribution in [0.5, 0.6) is 0 Å². The smallest absolute Gasteiger partial charge is 0.225 e. The third kappa shape index (κ3) is 8.17. The fraction of sp³-hybridized carbons (Fsp3) is 0.462. The largest absolute Gasteiger partial charge is 1.00 e. The number of thiazole rings is 2. The highest BCUT2D eigenvalue weighted by Gasteiger charge is 2.10. The highest BCUT2D eigenvalue weighted by atomic mass is 127. The van der Waals surface area contributed by atoms with Gasteiger partial charge in [-0.25, -0.2) is 0 Å². The van der Waals surface area contributed by atoms with Crippen molar-refractivity contribution >= 4 is 43.1 Å².